The molecule has 0 atom stereocenters. The Bertz CT molecular complexity index is 770. The van der Waals surface area contributed by atoms with Crippen molar-refractivity contribution in [1.29, 1.82) is 0 Å². The van der Waals surface area contributed by atoms with E-state index >= 15 is 0 Å². The molecule has 3 rings (SSSR count). The van der Waals surface area contributed by atoms with Crippen LogP contribution in [0.2, 0.25) is 10.0 Å². The highest BCUT2D eigenvalue weighted by atomic mass is 35.5. The van der Waals surface area contributed by atoms with Crippen LogP contribution in [-0.2, 0) is 0 Å². The normalized spacial score (nSPS) is 10.7. The summed E-state index contributed by atoms with van der Waals surface area (Å²) >= 11 is 12.1. The molecule has 0 saturated carbocycles. The Kier molecular flexibility index (Phi) is 3.38. The lowest BCUT2D eigenvalue weighted by Gasteiger charge is -2.09. The number of hydrogen-bond donors (Lipinski definition) is 1. The monoisotopic (exact) mass is 305 g/mol. The fraction of sp³-hybridized carbons (Fsp3) is 0. The van der Waals surface area contributed by atoms with Crippen molar-refractivity contribution < 1.29 is 9.84 Å². The summed E-state index contributed by atoms with van der Waals surface area (Å²) < 4.78 is 5.62. The Morgan fingerprint density at radius 3 is 2.35 bits per heavy atom. The van der Waals surface area contributed by atoms with E-state index in [1.54, 1.807) is 36.4 Å². The summed E-state index contributed by atoms with van der Waals surface area (Å²) in [7, 11) is 0. The number of halogens is 2. The van der Waals surface area contributed by atoms with Crippen molar-refractivity contribution in [3.05, 3.63) is 58.6 Å². The van der Waals surface area contributed by atoms with Crippen molar-refractivity contribution in [2.45, 2.75) is 0 Å². The number of rotatable bonds is 2. The molecular weight excluding hydrogens is 297 g/mol. The Hall–Kier alpha value is -1.97. The van der Waals surface area contributed by atoms with Crippen molar-refractivity contribution >= 4 is 34.1 Å². The first-order chi connectivity index (χ1) is 9.65. The summed E-state index contributed by atoms with van der Waals surface area (Å²) in [6.07, 6.45) is 0. The van der Waals surface area contributed by atoms with Gasteiger partial charge in [0.2, 0.25) is 5.88 Å². The predicted octanol–water partition coefficient (Wildman–Crippen LogP) is 5.04. The van der Waals surface area contributed by atoms with Crippen LogP contribution in [0.3, 0.4) is 0 Å². The van der Waals surface area contributed by atoms with Crippen LogP contribution in [0.5, 0.6) is 17.4 Å². The second-order valence-corrected chi connectivity index (χ2v) is 4.97. The first-order valence-electron chi connectivity index (χ1n) is 5.86. The largest absolute Gasteiger partial charge is 0.506 e. The molecule has 0 bridgehead atoms. The third-order valence-corrected chi connectivity index (χ3v) is 3.39. The van der Waals surface area contributed by atoms with E-state index in [2.05, 4.69) is 4.98 Å². The van der Waals surface area contributed by atoms with Gasteiger partial charge in [-0.3, -0.25) is 0 Å². The van der Waals surface area contributed by atoms with Crippen LogP contribution in [0, 0.1) is 0 Å². The van der Waals surface area contributed by atoms with Gasteiger partial charge in [-0.25, -0.2) is 4.98 Å². The third kappa shape index (κ3) is 2.38. The van der Waals surface area contributed by atoms with Gasteiger partial charge < -0.3 is 9.84 Å². The molecule has 1 aromatic heterocycles. The highest BCUT2D eigenvalue weighted by molar-refractivity contribution is 6.37. The summed E-state index contributed by atoms with van der Waals surface area (Å²) in [6, 6.07) is 13.8. The lowest BCUT2D eigenvalue weighted by molar-refractivity contribution is 0.460. The number of hydrogen-bond acceptors (Lipinski definition) is 3. The van der Waals surface area contributed by atoms with Gasteiger partial charge in [0, 0.05) is 11.5 Å². The van der Waals surface area contributed by atoms with Crippen molar-refractivity contribution in [2.75, 3.05) is 0 Å². The van der Waals surface area contributed by atoms with Crippen molar-refractivity contribution in [3.63, 3.8) is 0 Å². The Morgan fingerprint density at radius 2 is 1.60 bits per heavy atom. The number of ether oxygens (including phenoxy) is 1. The molecule has 3 nitrogen and oxygen atoms in total. The molecule has 0 saturated heterocycles. The van der Waals surface area contributed by atoms with Gasteiger partial charge in [0.25, 0.3) is 0 Å². The summed E-state index contributed by atoms with van der Waals surface area (Å²) in [6.45, 7) is 0. The standard InChI is InChI=1S/C15H9Cl2NO2/c16-10-4-2-5-11(17)15(10)20-13-8-7-9-3-1-6-12(19)14(9)18-13/h1-8,19H. The number of aromatic nitrogens is 1. The number of nitrogens with zero attached hydrogens (tertiary/aromatic N) is 1. The Morgan fingerprint density at radius 1 is 0.900 bits per heavy atom. The lowest BCUT2D eigenvalue weighted by Crippen LogP contribution is -1.90. The fourth-order valence-corrected chi connectivity index (χ4v) is 2.33. The molecule has 5 heteroatoms. The molecule has 0 aliphatic heterocycles. The van der Waals surface area contributed by atoms with E-state index in [1.165, 1.54) is 0 Å². The van der Waals surface area contributed by atoms with Crippen molar-refractivity contribution in [3.8, 4) is 17.4 Å². The SMILES string of the molecule is Oc1cccc2ccc(Oc3c(Cl)cccc3Cl)nc12. The molecule has 0 amide bonds. The van der Waals surface area contributed by atoms with Gasteiger partial charge in [0.1, 0.15) is 11.3 Å². The molecule has 0 fully saturated rings. The molecule has 0 aliphatic rings. The van der Waals surface area contributed by atoms with E-state index in [-0.39, 0.29) is 5.75 Å². The van der Waals surface area contributed by atoms with Gasteiger partial charge in [-0.05, 0) is 24.3 Å². The number of benzene rings is 2. The van der Waals surface area contributed by atoms with E-state index in [0.717, 1.165) is 5.39 Å². The number of aromatic hydroxyl groups is 1. The third-order valence-electron chi connectivity index (χ3n) is 2.80. The van der Waals surface area contributed by atoms with Gasteiger partial charge in [-0.2, -0.15) is 0 Å². The molecule has 0 aliphatic carbocycles. The zero-order chi connectivity index (χ0) is 14.1. The van der Waals surface area contributed by atoms with Crippen molar-refractivity contribution in [2.24, 2.45) is 0 Å². The van der Waals surface area contributed by atoms with E-state index < -0.39 is 0 Å². The first kappa shape index (κ1) is 13.0. The summed E-state index contributed by atoms with van der Waals surface area (Å²) in [5, 5.41) is 11.4. The molecule has 100 valence electrons. The van der Waals surface area contributed by atoms with Gasteiger partial charge in [-0.15, -0.1) is 0 Å². The van der Waals surface area contributed by atoms with E-state index in [0.29, 0.717) is 27.2 Å². The number of pyridine rings is 1. The fourth-order valence-electron chi connectivity index (χ4n) is 1.85. The summed E-state index contributed by atoms with van der Waals surface area (Å²) in [4.78, 5) is 4.26. The van der Waals surface area contributed by atoms with Gasteiger partial charge >= 0.3 is 0 Å². The zero-order valence-electron chi connectivity index (χ0n) is 10.2. The molecule has 1 heterocycles. The number of para-hydroxylation sites is 2. The average Bonchev–Trinajstić information content (AvgIpc) is 2.44. The second-order valence-electron chi connectivity index (χ2n) is 4.15. The van der Waals surface area contributed by atoms with E-state index in [9.17, 15) is 5.11 Å². The summed E-state index contributed by atoms with van der Waals surface area (Å²) in [5.74, 6) is 0.755. The maximum absolute atomic E-state index is 9.80. The van der Waals surface area contributed by atoms with Gasteiger partial charge in [0.05, 0.1) is 10.0 Å². The molecule has 20 heavy (non-hydrogen) atoms. The van der Waals surface area contributed by atoms with E-state index in [4.69, 9.17) is 27.9 Å². The maximum atomic E-state index is 9.80. The van der Waals surface area contributed by atoms with Gasteiger partial charge in [0.15, 0.2) is 5.75 Å². The highest BCUT2D eigenvalue weighted by Crippen LogP contribution is 2.36. The maximum Gasteiger partial charge on any atom is 0.220 e. The van der Waals surface area contributed by atoms with Crippen LogP contribution in [-0.4, -0.2) is 10.1 Å². The van der Waals surface area contributed by atoms with Crippen LogP contribution in [0.25, 0.3) is 10.9 Å². The zero-order valence-corrected chi connectivity index (χ0v) is 11.7. The minimum Gasteiger partial charge on any atom is -0.506 e. The van der Waals surface area contributed by atoms with Crippen LogP contribution in [0.15, 0.2) is 48.5 Å². The number of fused-ring (bicyclic) bond motifs is 1. The van der Waals surface area contributed by atoms with Gasteiger partial charge in [-0.1, -0.05) is 41.4 Å². The summed E-state index contributed by atoms with van der Waals surface area (Å²) in [5.41, 5.74) is 0.466. The molecule has 0 spiro atoms. The highest BCUT2D eigenvalue weighted by Gasteiger charge is 2.10. The molecule has 2 aromatic carbocycles. The van der Waals surface area contributed by atoms with E-state index in [1.807, 2.05) is 12.1 Å². The predicted molar refractivity (Wildman–Crippen MR) is 79.9 cm³/mol. The second kappa shape index (κ2) is 5.19. The minimum absolute atomic E-state index is 0.0956. The number of phenols is 1. The van der Waals surface area contributed by atoms with Crippen molar-refractivity contribution in [1.82, 2.24) is 4.98 Å². The first-order valence-corrected chi connectivity index (χ1v) is 6.61. The average molecular weight is 306 g/mol. The van der Waals surface area contributed by atoms with Crippen LogP contribution in [0.4, 0.5) is 0 Å². The molecule has 0 unspecified atom stereocenters. The Labute approximate surface area is 125 Å². The lowest BCUT2D eigenvalue weighted by atomic mass is 10.2. The van der Waals surface area contributed by atoms with Crippen LogP contribution >= 0.6 is 23.2 Å². The topological polar surface area (TPSA) is 42.4 Å². The quantitative estimate of drug-likeness (QED) is 0.721. The number of phenolic OH excluding ortho intramolecular Hbond substituents is 1. The Balaban J connectivity index is 2.05. The molecular formula is C15H9Cl2NO2. The molecule has 1 N–H and O–H groups in total. The van der Waals surface area contributed by atoms with Crippen LogP contribution < -0.4 is 4.74 Å². The van der Waals surface area contributed by atoms with Crippen LogP contribution in [0.1, 0.15) is 0 Å². The smallest absolute Gasteiger partial charge is 0.220 e. The minimum atomic E-state index is 0.0956. The molecule has 0 radical (unpaired) electrons. The molecule has 3 aromatic rings.